The van der Waals surface area contributed by atoms with Crippen LogP contribution in [-0.2, 0) is 4.74 Å². The van der Waals surface area contributed by atoms with Crippen molar-refractivity contribution in [3.05, 3.63) is 29.8 Å². The monoisotopic (exact) mass is 331 g/mol. The molecule has 2 aliphatic rings. The van der Waals surface area contributed by atoms with Gasteiger partial charge in [-0.2, -0.15) is 0 Å². The Labute approximate surface area is 145 Å². The van der Waals surface area contributed by atoms with Crippen molar-refractivity contribution in [1.82, 2.24) is 10.2 Å². The normalized spacial score (nSPS) is 21.8. The summed E-state index contributed by atoms with van der Waals surface area (Å²) in [6.07, 6.45) is 3.59. The topological polar surface area (TPSA) is 44.8 Å². The Bertz CT molecular complexity index is 551. The van der Waals surface area contributed by atoms with Gasteiger partial charge in [-0.25, -0.2) is 4.79 Å². The van der Waals surface area contributed by atoms with E-state index >= 15 is 0 Å². The minimum absolute atomic E-state index is 0.00216. The number of hydrogen-bond donors (Lipinski definition) is 1. The molecule has 0 bridgehead atoms. The summed E-state index contributed by atoms with van der Waals surface area (Å²) < 4.78 is 5.39. The molecule has 0 aliphatic carbocycles. The number of rotatable bonds is 5. The third-order valence-corrected chi connectivity index (χ3v) is 5.08. The number of nitrogens with one attached hydrogen (secondary N) is 1. The molecule has 0 radical (unpaired) electrons. The zero-order valence-electron chi connectivity index (χ0n) is 14.8. The summed E-state index contributed by atoms with van der Waals surface area (Å²) in [5.74, 6) is 0.467. The van der Waals surface area contributed by atoms with E-state index in [1.165, 1.54) is 18.5 Å². The first-order chi connectivity index (χ1) is 11.6. The molecule has 2 fully saturated rings. The van der Waals surface area contributed by atoms with Gasteiger partial charge in [0.05, 0.1) is 12.6 Å². The highest BCUT2D eigenvalue weighted by Crippen LogP contribution is 2.24. The lowest BCUT2D eigenvalue weighted by Crippen LogP contribution is -2.41. The van der Waals surface area contributed by atoms with Gasteiger partial charge < -0.3 is 19.9 Å². The van der Waals surface area contributed by atoms with Crippen LogP contribution in [0.25, 0.3) is 0 Å². The molecule has 132 valence electrons. The van der Waals surface area contributed by atoms with Crippen LogP contribution in [0.1, 0.15) is 37.8 Å². The van der Waals surface area contributed by atoms with Crippen LogP contribution in [0.2, 0.25) is 0 Å². The molecular weight excluding hydrogens is 302 g/mol. The summed E-state index contributed by atoms with van der Waals surface area (Å²) in [7, 11) is 1.86. The van der Waals surface area contributed by atoms with Crippen LogP contribution in [-0.4, -0.2) is 50.8 Å². The molecule has 24 heavy (non-hydrogen) atoms. The Balaban J connectivity index is 1.56. The molecule has 3 rings (SSSR count). The van der Waals surface area contributed by atoms with Gasteiger partial charge in [0.15, 0.2) is 0 Å². The molecule has 2 heterocycles. The maximum atomic E-state index is 12.4. The van der Waals surface area contributed by atoms with Crippen LogP contribution in [0.15, 0.2) is 24.3 Å². The average Bonchev–Trinajstić information content (AvgIpc) is 3.28. The van der Waals surface area contributed by atoms with Gasteiger partial charge in [0, 0.05) is 44.9 Å². The summed E-state index contributed by atoms with van der Waals surface area (Å²) in [5, 5.41) is 3.12. The van der Waals surface area contributed by atoms with Gasteiger partial charge in [-0.15, -0.1) is 0 Å². The van der Waals surface area contributed by atoms with E-state index in [9.17, 15) is 4.79 Å². The number of amides is 2. The van der Waals surface area contributed by atoms with Crippen molar-refractivity contribution in [3.8, 4) is 0 Å². The molecule has 1 aromatic carbocycles. The van der Waals surface area contributed by atoms with Crippen LogP contribution in [0.3, 0.4) is 0 Å². The Morgan fingerprint density at radius 3 is 2.92 bits per heavy atom. The first-order valence-corrected chi connectivity index (χ1v) is 9.08. The highest BCUT2D eigenvalue weighted by molar-refractivity contribution is 5.74. The third kappa shape index (κ3) is 4.20. The number of anilines is 1. The lowest BCUT2D eigenvalue weighted by Gasteiger charge is -2.24. The van der Waals surface area contributed by atoms with Crippen molar-refractivity contribution in [3.63, 3.8) is 0 Å². The molecule has 1 N–H and O–H groups in total. The van der Waals surface area contributed by atoms with Crippen molar-refractivity contribution in [2.24, 2.45) is 5.92 Å². The standard InChI is InChI=1S/C19H29N3O2/c1-15(20-19(23)21(2)13-16-8-11-24-14-16)17-6-5-7-18(12-17)22-9-3-4-10-22/h5-7,12,15-16H,3-4,8-11,13-14H2,1-2H3,(H,20,23)/t15-,16+/m0/s1. The maximum Gasteiger partial charge on any atom is 0.317 e. The minimum atomic E-state index is -0.0130. The Morgan fingerprint density at radius 1 is 1.42 bits per heavy atom. The van der Waals surface area contributed by atoms with E-state index < -0.39 is 0 Å². The first kappa shape index (κ1) is 17.1. The molecule has 2 saturated heterocycles. The Hall–Kier alpha value is -1.75. The summed E-state index contributed by atoms with van der Waals surface area (Å²) >= 11 is 0. The molecular formula is C19H29N3O2. The molecule has 5 heteroatoms. The molecule has 2 amide bonds. The van der Waals surface area contributed by atoms with E-state index in [4.69, 9.17) is 4.74 Å². The molecule has 2 aliphatic heterocycles. The second kappa shape index (κ2) is 7.88. The van der Waals surface area contributed by atoms with E-state index in [1.807, 2.05) is 14.0 Å². The van der Waals surface area contributed by atoms with Gasteiger partial charge >= 0.3 is 6.03 Å². The number of ether oxygens (including phenoxy) is 1. The zero-order chi connectivity index (χ0) is 16.9. The van der Waals surface area contributed by atoms with Gasteiger partial charge in [0.1, 0.15) is 0 Å². The second-order valence-corrected chi connectivity index (χ2v) is 7.07. The predicted molar refractivity (Wildman–Crippen MR) is 96.4 cm³/mol. The van der Waals surface area contributed by atoms with Crippen molar-refractivity contribution < 1.29 is 9.53 Å². The summed E-state index contributed by atoms with van der Waals surface area (Å²) in [4.78, 5) is 16.6. The van der Waals surface area contributed by atoms with Gasteiger partial charge in [-0.05, 0) is 43.9 Å². The van der Waals surface area contributed by atoms with Gasteiger partial charge in [-0.3, -0.25) is 0 Å². The van der Waals surface area contributed by atoms with E-state index in [1.54, 1.807) is 4.90 Å². The van der Waals surface area contributed by atoms with Crippen LogP contribution < -0.4 is 10.2 Å². The minimum Gasteiger partial charge on any atom is -0.381 e. The molecule has 0 spiro atoms. The van der Waals surface area contributed by atoms with Crippen LogP contribution >= 0.6 is 0 Å². The number of carbonyl (C=O) groups excluding carboxylic acids is 1. The quantitative estimate of drug-likeness (QED) is 0.902. The molecule has 5 nitrogen and oxygen atoms in total. The van der Waals surface area contributed by atoms with E-state index in [-0.39, 0.29) is 12.1 Å². The fraction of sp³-hybridized carbons (Fsp3) is 0.632. The third-order valence-electron chi connectivity index (χ3n) is 5.08. The highest BCUT2D eigenvalue weighted by atomic mass is 16.5. The maximum absolute atomic E-state index is 12.4. The molecule has 0 saturated carbocycles. The first-order valence-electron chi connectivity index (χ1n) is 9.08. The predicted octanol–water partition coefficient (Wildman–Crippen LogP) is 3.03. The fourth-order valence-electron chi connectivity index (χ4n) is 3.54. The Kier molecular flexibility index (Phi) is 5.61. The number of carbonyl (C=O) groups is 1. The number of urea groups is 1. The van der Waals surface area contributed by atoms with E-state index in [0.29, 0.717) is 5.92 Å². The van der Waals surface area contributed by atoms with Gasteiger partial charge in [0.25, 0.3) is 0 Å². The van der Waals surface area contributed by atoms with Crippen molar-refractivity contribution in [2.75, 3.05) is 44.8 Å². The number of benzene rings is 1. The summed E-state index contributed by atoms with van der Waals surface area (Å²) in [5.41, 5.74) is 2.42. The second-order valence-electron chi connectivity index (χ2n) is 7.07. The van der Waals surface area contributed by atoms with Crippen molar-refractivity contribution in [1.29, 1.82) is 0 Å². The average molecular weight is 331 g/mol. The van der Waals surface area contributed by atoms with Crippen LogP contribution in [0.4, 0.5) is 10.5 Å². The number of nitrogens with zero attached hydrogens (tertiary/aromatic N) is 2. The zero-order valence-corrected chi connectivity index (χ0v) is 14.8. The summed E-state index contributed by atoms with van der Waals surface area (Å²) in [6.45, 7) is 6.66. The van der Waals surface area contributed by atoms with Crippen molar-refractivity contribution >= 4 is 11.7 Å². The van der Waals surface area contributed by atoms with Crippen LogP contribution in [0.5, 0.6) is 0 Å². The molecule has 2 atom stereocenters. The smallest absolute Gasteiger partial charge is 0.317 e. The molecule has 0 aromatic heterocycles. The van der Waals surface area contributed by atoms with Crippen molar-refractivity contribution in [2.45, 2.75) is 32.2 Å². The molecule has 1 aromatic rings. The van der Waals surface area contributed by atoms with E-state index in [0.717, 1.165) is 44.8 Å². The van der Waals surface area contributed by atoms with E-state index in [2.05, 4.69) is 34.5 Å². The molecule has 0 unspecified atom stereocenters. The Morgan fingerprint density at radius 2 is 2.21 bits per heavy atom. The SMILES string of the molecule is C[C@H](NC(=O)N(C)C[C@H]1CCOC1)c1cccc(N2CCCC2)c1. The largest absolute Gasteiger partial charge is 0.381 e. The van der Waals surface area contributed by atoms with Gasteiger partial charge in [-0.1, -0.05) is 12.1 Å². The lowest BCUT2D eigenvalue weighted by atomic mass is 10.1. The van der Waals surface area contributed by atoms with Gasteiger partial charge in [0.2, 0.25) is 0 Å². The lowest BCUT2D eigenvalue weighted by molar-refractivity contribution is 0.170. The fourth-order valence-corrected chi connectivity index (χ4v) is 3.54. The van der Waals surface area contributed by atoms with Crippen LogP contribution in [0, 0.1) is 5.92 Å². The number of hydrogen-bond acceptors (Lipinski definition) is 3. The summed E-state index contributed by atoms with van der Waals surface area (Å²) in [6, 6.07) is 8.54. The highest BCUT2D eigenvalue weighted by Gasteiger charge is 2.21.